The number of halogens is 2. The van der Waals surface area contributed by atoms with Gasteiger partial charge in [0, 0.05) is 17.3 Å². The molecule has 0 spiro atoms. The van der Waals surface area contributed by atoms with Gasteiger partial charge >= 0.3 is 0 Å². The molecule has 0 fully saturated rings. The van der Waals surface area contributed by atoms with E-state index >= 15 is 0 Å². The van der Waals surface area contributed by atoms with Crippen LogP contribution in [-0.4, -0.2) is 12.1 Å². The van der Waals surface area contributed by atoms with Crippen LogP contribution in [0.2, 0.25) is 0 Å². The number of nitrogens with one attached hydrogen (secondary N) is 1. The second-order valence-electron chi connectivity index (χ2n) is 4.29. The van der Waals surface area contributed by atoms with Crippen molar-refractivity contribution in [3.05, 3.63) is 58.8 Å². The highest BCUT2D eigenvalue weighted by Gasteiger charge is 2.25. The minimum absolute atomic E-state index is 0.154. The van der Waals surface area contributed by atoms with E-state index in [4.69, 9.17) is 10.6 Å². The van der Waals surface area contributed by atoms with Gasteiger partial charge in [-0.25, -0.2) is 19.2 Å². The molecule has 4 nitrogen and oxygen atoms in total. The number of hydrogen-bond donors (Lipinski definition) is 2. The van der Waals surface area contributed by atoms with Crippen LogP contribution in [0.15, 0.2) is 30.5 Å². The summed E-state index contributed by atoms with van der Waals surface area (Å²) in [5.74, 6) is 4.42. The lowest BCUT2D eigenvalue weighted by Gasteiger charge is -2.20. The third-order valence-electron chi connectivity index (χ3n) is 3.08. The zero-order chi connectivity index (χ0) is 14.7. The van der Waals surface area contributed by atoms with E-state index in [1.807, 2.05) is 0 Å². The maximum absolute atomic E-state index is 14.2. The molecule has 2 rings (SSSR count). The number of pyridine rings is 1. The van der Waals surface area contributed by atoms with Gasteiger partial charge in [-0.3, -0.25) is 5.84 Å². The molecule has 0 radical (unpaired) electrons. The minimum atomic E-state index is -0.890. The summed E-state index contributed by atoms with van der Waals surface area (Å²) in [6.07, 6.45) is 1.53. The smallest absolute Gasteiger partial charge is 0.218 e. The maximum atomic E-state index is 14.2. The van der Waals surface area contributed by atoms with Gasteiger partial charge in [0.15, 0.2) is 0 Å². The summed E-state index contributed by atoms with van der Waals surface area (Å²) >= 11 is 0. The first-order chi connectivity index (χ1) is 9.60. The Morgan fingerprint density at radius 1 is 1.30 bits per heavy atom. The first kappa shape index (κ1) is 14.4. The van der Waals surface area contributed by atoms with Gasteiger partial charge in [-0.05, 0) is 24.6 Å². The molecule has 1 atom stereocenters. The third-order valence-corrected chi connectivity index (χ3v) is 3.08. The van der Waals surface area contributed by atoms with Crippen LogP contribution in [0.25, 0.3) is 0 Å². The number of nitrogens with zero attached hydrogens (tertiary/aromatic N) is 1. The fraction of sp³-hybridized carbons (Fsp3) is 0.214. The van der Waals surface area contributed by atoms with Gasteiger partial charge in [0.25, 0.3) is 0 Å². The summed E-state index contributed by atoms with van der Waals surface area (Å²) in [4.78, 5) is 4.01. The lowest BCUT2D eigenvalue weighted by atomic mass is 9.97. The zero-order valence-corrected chi connectivity index (χ0v) is 11.2. The van der Waals surface area contributed by atoms with E-state index in [0.717, 1.165) is 0 Å². The average Bonchev–Trinajstić information content (AvgIpc) is 2.47. The molecule has 6 heteroatoms. The van der Waals surface area contributed by atoms with Crippen LogP contribution in [0.1, 0.15) is 22.7 Å². The molecule has 0 amide bonds. The van der Waals surface area contributed by atoms with Crippen LogP contribution in [0.5, 0.6) is 5.88 Å². The number of benzene rings is 1. The summed E-state index contributed by atoms with van der Waals surface area (Å²) in [5.41, 5.74) is 3.06. The highest BCUT2D eigenvalue weighted by atomic mass is 19.1. The largest absolute Gasteiger partial charge is 0.481 e. The Labute approximate surface area is 115 Å². The number of ether oxygens (including phenoxy) is 1. The van der Waals surface area contributed by atoms with E-state index in [-0.39, 0.29) is 11.4 Å². The molecule has 20 heavy (non-hydrogen) atoms. The Morgan fingerprint density at radius 2 is 2.05 bits per heavy atom. The Hall–Kier alpha value is -2.05. The van der Waals surface area contributed by atoms with Crippen LogP contribution in [0.3, 0.4) is 0 Å². The van der Waals surface area contributed by atoms with E-state index < -0.39 is 17.7 Å². The van der Waals surface area contributed by atoms with Crippen molar-refractivity contribution in [2.75, 3.05) is 7.11 Å². The quantitative estimate of drug-likeness (QED) is 0.665. The van der Waals surface area contributed by atoms with Crippen LogP contribution < -0.4 is 16.0 Å². The highest BCUT2D eigenvalue weighted by Crippen LogP contribution is 2.31. The number of hydrogen-bond acceptors (Lipinski definition) is 4. The van der Waals surface area contributed by atoms with Gasteiger partial charge in [0.2, 0.25) is 5.88 Å². The summed E-state index contributed by atoms with van der Waals surface area (Å²) in [5, 5.41) is 0. The normalized spacial score (nSPS) is 12.2. The fourth-order valence-electron chi connectivity index (χ4n) is 2.07. The van der Waals surface area contributed by atoms with Crippen molar-refractivity contribution in [2.45, 2.75) is 13.0 Å². The van der Waals surface area contributed by atoms with Crippen molar-refractivity contribution in [1.29, 1.82) is 0 Å². The monoisotopic (exact) mass is 279 g/mol. The second kappa shape index (κ2) is 5.94. The van der Waals surface area contributed by atoms with Gasteiger partial charge in [0.1, 0.15) is 11.6 Å². The van der Waals surface area contributed by atoms with Crippen LogP contribution >= 0.6 is 0 Å². The van der Waals surface area contributed by atoms with E-state index in [0.29, 0.717) is 11.1 Å². The fourth-order valence-corrected chi connectivity index (χ4v) is 2.07. The van der Waals surface area contributed by atoms with Crippen molar-refractivity contribution >= 4 is 0 Å². The highest BCUT2D eigenvalue weighted by molar-refractivity contribution is 5.40. The molecule has 106 valence electrons. The second-order valence-corrected chi connectivity index (χ2v) is 4.29. The van der Waals surface area contributed by atoms with E-state index in [1.54, 1.807) is 19.1 Å². The van der Waals surface area contributed by atoms with Crippen LogP contribution in [-0.2, 0) is 0 Å². The van der Waals surface area contributed by atoms with Crippen molar-refractivity contribution in [3.8, 4) is 5.88 Å². The SMILES string of the molecule is COc1ncccc1C(NN)c1c(F)ccc(C)c1F. The molecule has 0 saturated carbocycles. The Bertz CT molecular complexity index is 619. The number of methoxy groups -OCH3 is 1. The number of aryl methyl sites for hydroxylation is 1. The van der Waals surface area contributed by atoms with Gasteiger partial charge < -0.3 is 4.74 Å². The Balaban J connectivity index is 2.62. The first-order valence-electron chi connectivity index (χ1n) is 5.99. The molecule has 1 heterocycles. The molecule has 3 N–H and O–H groups in total. The molecular formula is C14H15F2N3O. The summed E-state index contributed by atoms with van der Waals surface area (Å²) in [7, 11) is 1.43. The minimum Gasteiger partial charge on any atom is -0.481 e. The zero-order valence-electron chi connectivity index (χ0n) is 11.2. The molecule has 1 aromatic heterocycles. The Morgan fingerprint density at radius 3 is 2.70 bits per heavy atom. The van der Waals surface area contributed by atoms with Crippen molar-refractivity contribution in [3.63, 3.8) is 0 Å². The standard InChI is InChI=1S/C14H15F2N3O/c1-8-5-6-10(15)11(12(8)16)13(19-17)9-4-3-7-18-14(9)20-2/h3-7,13,19H,17H2,1-2H3. The van der Waals surface area contributed by atoms with E-state index in [9.17, 15) is 8.78 Å². The predicted octanol–water partition coefficient (Wildman–Crippen LogP) is 2.23. The average molecular weight is 279 g/mol. The first-order valence-corrected chi connectivity index (χ1v) is 5.99. The lowest BCUT2D eigenvalue weighted by molar-refractivity contribution is 0.385. The summed E-state index contributed by atoms with van der Waals surface area (Å²) < 4.78 is 33.3. The third kappa shape index (κ3) is 2.48. The Kier molecular flexibility index (Phi) is 4.26. The van der Waals surface area contributed by atoms with Gasteiger partial charge in [-0.15, -0.1) is 0 Å². The van der Waals surface area contributed by atoms with E-state index in [1.165, 1.54) is 25.4 Å². The number of nitrogens with two attached hydrogens (primary N) is 1. The predicted molar refractivity (Wildman–Crippen MR) is 71.1 cm³/mol. The topological polar surface area (TPSA) is 60.2 Å². The van der Waals surface area contributed by atoms with Gasteiger partial charge in [0.05, 0.1) is 13.2 Å². The van der Waals surface area contributed by atoms with E-state index in [2.05, 4.69) is 10.4 Å². The molecule has 2 aromatic rings. The molecule has 0 aliphatic rings. The van der Waals surface area contributed by atoms with Crippen LogP contribution in [0.4, 0.5) is 8.78 Å². The number of aromatic nitrogens is 1. The maximum Gasteiger partial charge on any atom is 0.218 e. The van der Waals surface area contributed by atoms with Crippen molar-refractivity contribution in [2.24, 2.45) is 5.84 Å². The molecule has 0 bridgehead atoms. The van der Waals surface area contributed by atoms with Crippen molar-refractivity contribution in [1.82, 2.24) is 10.4 Å². The lowest BCUT2D eigenvalue weighted by Crippen LogP contribution is -2.31. The number of hydrazine groups is 1. The summed E-state index contributed by atoms with van der Waals surface area (Å²) in [6.45, 7) is 1.56. The molecule has 0 saturated heterocycles. The molecule has 1 unspecified atom stereocenters. The van der Waals surface area contributed by atoms with Gasteiger partial charge in [-0.2, -0.15) is 0 Å². The molecular weight excluding hydrogens is 264 g/mol. The van der Waals surface area contributed by atoms with Gasteiger partial charge in [-0.1, -0.05) is 12.1 Å². The van der Waals surface area contributed by atoms with Crippen molar-refractivity contribution < 1.29 is 13.5 Å². The molecule has 0 aliphatic heterocycles. The summed E-state index contributed by atoms with van der Waals surface area (Å²) in [6, 6.07) is 4.99. The van der Waals surface area contributed by atoms with Crippen LogP contribution in [0, 0.1) is 18.6 Å². The molecule has 1 aromatic carbocycles. The number of rotatable bonds is 4. The molecule has 0 aliphatic carbocycles.